The van der Waals surface area contributed by atoms with Crippen molar-refractivity contribution in [1.29, 1.82) is 0 Å². The van der Waals surface area contributed by atoms with Gasteiger partial charge in [-0.25, -0.2) is 9.78 Å². The first-order chi connectivity index (χ1) is 11.6. The molecule has 0 saturated heterocycles. The summed E-state index contributed by atoms with van der Waals surface area (Å²) in [7, 11) is 2.92. The van der Waals surface area contributed by atoms with Gasteiger partial charge in [0.05, 0.1) is 26.0 Å². The molecule has 24 heavy (non-hydrogen) atoms. The summed E-state index contributed by atoms with van der Waals surface area (Å²) < 4.78 is 10.3. The van der Waals surface area contributed by atoms with Gasteiger partial charge in [0.15, 0.2) is 0 Å². The predicted molar refractivity (Wildman–Crippen MR) is 91.6 cm³/mol. The summed E-state index contributed by atoms with van der Waals surface area (Å²) in [6.07, 6.45) is 7.81. The van der Waals surface area contributed by atoms with E-state index in [0.29, 0.717) is 33.5 Å². The van der Waals surface area contributed by atoms with Gasteiger partial charge in [0.2, 0.25) is 0 Å². The Kier molecular flexibility index (Phi) is 5.00. The largest absolute Gasteiger partial charge is 0.494 e. The number of carbonyl (C=O) groups excluding carboxylic acids is 1. The average Bonchev–Trinajstić information content (AvgIpc) is 3.15. The van der Waals surface area contributed by atoms with Crippen molar-refractivity contribution >= 4 is 17.6 Å². The Labute approximate surface area is 146 Å². The average molecular weight is 347 g/mol. The van der Waals surface area contributed by atoms with Gasteiger partial charge >= 0.3 is 5.97 Å². The zero-order valence-corrected chi connectivity index (χ0v) is 14.5. The molecule has 5 nitrogen and oxygen atoms in total. The molecule has 0 spiro atoms. The van der Waals surface area contributed by atoms with Crippen molar-refractivity contribution in [2.45, 2.75) is 31.6 Å². The first-order valence-electron chi connectivity index (χ1n) is 7.92. The Hall–Kier alpha value is -2.14. The van der Waals surface area contributed by atoms with E-state index in [1.165, 1.54) is 20.0 Å². The summed E-state index contributed by atoms with van der Waals surface area (Å²) in [4.78, 5) is 20.7. The lowest BCUT2D eigenvalue weighted by atomic mass is 9.96. The second kappa shape index (κ2) is 7.18. The van der Waals surface area contributed by atoms with E-state index < -0.39 is 5.97 Å². The summed E-state index contributed by atoms with van der Waals surface area (Å²) in [5, 5.41) is 0.334. The number of methoxy groups -OCH3 is 2. The zero-order chi connectivity index (χ0) is 17.1. The Balaban J connectivity index is 2.17. The number of esters is 1. The normalized spacial score (nSPS) is 14.6. The van der Waals surface area contributed by atoms with Gasteiger partial charge in [0.25, 0.3) is 0 Å². The van der Waals surface area contributed by atoms with Gasteiger partial charge in [0.1, 0.15) is 10.9 Å². The van der Waals surface area contributed by atoms with Crippen LogP contribution in [0.3, 0.4) is 0 Å². The highest BCUT2D eigenvalue weighted by Crippen LogP contribution is 2.38. The van der Waals surface area contributed by atoms with Gasteiger partial charge in [0, 0.05) is 28.9 Å². The molecule has 0 aromatic carbocycles. The maximum Gasteiger partial charge on any atom is 0.340 e. The predicted octanol–water partition coefficient (Wildman–Crippen LogP) is 4.25. The number of ether oxygens (including phenoxy) is 2. The van der Waals surface area contributed by atoms with Gasteiger partial charge in [-0.15, -0.1) is 0 Å². The van der Waals surface area contributed by atoms with Crippen molar-refractivity contribution in [3.63, 3.8) is 0 Å². The highest BCUT2D eigenvalue weighted by atomic mass is 35.5. The van der Waals surface area contributed by atoms with Crippen molar-refractivity contribution in [2.75, 3.05) is 14.2 Å². The van der Waals surface area contributed by atoms with Crippen LogP contribution < -0.4 is 4.74 Å². The van der Waals surface area contributed by atoms with Crippen LogP contribution in [-0.4, -0.2) is 30.2 Å². The molecule has 126 valence electrons. The van der Waals surface area contributed by atoms with Crippen LogP contribution in [0, 0.1) is 0 Å². The minimum Gasteiger partial charge on any atom is -0.494 e. The molecule has 2 aromatic heterocycles. The van der Waals surface area contributed by atoms with Crippen molar-refractivity contribution < 1.29 is 14.3 Å². The van der Waals surface area contributed by atoms with E-state index >= 15 is 0 Å². The molecule has 1 aliphatic rings. The molecule has 1 saturated carbocycles. The number of halogens is 1. The Bertz CT molecular complexity index is 758. The minimum absolute atomic E-state index is 0.334. The lowest BCUT2D eigenvalue weighted by Crippen LogP contribution is -2.07. The van der Waals surface area contributed by atoms with E-state index in [0.717, 1.165) is 18.5 Å². The number of hydrogen-bond donors (Lipinski definition) is 0. The lowest BCUT2D eigenvalue weighted by Gasteiger charge is -2.15. The third kappa shape index (κ3) is 3.22. The molecule has 1 aliphatic carbocycles. The van der Waals surface area contributed by atoms with E-state index in [2.05, 4.69) is 9.97 Å². The molecule has 6 heteroatoms. The summed E-state index contributed by atoms with van der Waals surface area (Å²) in [5.41, 5.74) is 2.80. The first kappa shape index (κ1) is 16.7. The lowest BCUT2D eigenvalue weighted by molar-refractivity contribution is 0.0601. The number of pyridine rings is 2. The van der Waals surface area contributed by atoms with Gasteiger partial charge in [-0.1, -0.05) is 24.4 Å². The summed E-state index contributed by atoms with van der Waals surface area (Å²) in [6, 6.07) is 3.65. The number of carbonyl (C=O) groups is 1. The Morgan fingerprint density at radius 3 is 2.54 bits per heavy atom. The van der Waals surface area contributed by atoms with E-state index in [-0.39, 0.29) is 0 Å². The standard InChI is InChI=1S/C18H19ClN2O3/c1-23-16-10-21-17(19)8-13(16)12-7-15(11-5-3-4-6-11)20-9-14(12)18(22)24-2/h7-11H,3-6H2,1-2H3. The second-order valence-corrected chi connectivity index (χ2v) is 6.22. The fraction of sp³-hybridized carbons (Fsp3) is 0.389. The monoisotopic (exact) mass is 346 g/mol. The molecule has 0 N–H and O–H groups in total. The molecule has 0 radical (unpaired) electrons. The van der Waals surface area contributed by atoms with Crippen molar-refractivity contribution in [3.8, 4) is 16.9 Å². The fourth-order valence-electron chi connectivity index (χ4n) is 3.20. The smallest absolute Gasteiger partial charge is 0.340 e. The van der Waals surface area contributed by atoms with Gasteiger partial charge < -0.3 is 9.47 Å². The van der Waals surface area contributed by atoms with Crippen molar-refractivity contribution in [2.24, 2.45) is 0 Å². The fourth-order valence-corrected chi connectivity index (χ4v) is 3.36. The molecule has 2 heterocycles. The maximum absolute atomic E-state index is 12.2. The maximum atomic E-state index is 12.2. The van der Waals surface area contributed by atoms with Crippen LogP contribution in [0.25, 0.3) is 11.1 Å². The molecule has 0 aliphatic heterocycles. The van der Waals surface area contributed by atoms with Crippen LogP contribution in [0.2, 0.25) is 5.15 Å². The van der Waals surface area contributed by atoms with Crippen LogP contribution in [-0.2, 0) is 4.74 Å². The van der Waals surface area contributed by atoms with Crippen LogP contribution in [0.4, 0.5) is 0 Å². The molecule has 0 amide bonds. The number of hydrogen-bond acceptors (Lipinski definition) is 5. The van der Waals surface area contributed by atoms with Crippen LogP contribution in [0.5, 0.6) is 5.75 Å². The number of rotatable bonds is 4. The summed E-state index contributed by atoms with van der Waals surface area (Å²) in [5.74, 6) is 0.539. The van der Waals surface area contributed by atoms with E-state index in [1.54, 1.807) is 25.6 Å². The van der Waals surface area contributed by atoms with Crippen LogP contribution >= 0.6 is 11.6 Å². The van der Waals surface area contributed by atoms with Gasteiger partial charge in [-0.2, -0.15) is 0 Å². The molecular formula is C18H19ClN2O3. The SMILES string of the molecule is COC(=O)c1cnc(C2CCCC2)cc1-c1cc(Cl)ncc1OC. The number of aromatic nitrogens is 2. The van der Waals surface area contributed by atoms with E-state index in [4.69, 9.17) is 21.1 Å². The molecule has 2 aromatic rings. The van der Waals surface area contributed by atoms with Crippen molar-refractivity contribution in [1.82, 2.24) is 9.97 Å². The summed E-state index contributed by atoms with van der Waals surface area (Å²) >= 11 is 6.06. The Morgan fingerprint density at radius 2 is 1.88 bits per heavy atom. The topological polar surface area (TPSA) is 61.3 Å². The number of nitrogens with zero attached hydrogens (tertiary/aromatic N) is 2. The zero-order valence-electron chi connectivity index (χ0n) is 13.7. The van der Waals surface area contributed by atoms with Gasteiger partial charge in [-0.3, -0.25) is 4.98 Å². The highest BCUT2D eigenvalue weighted by molar-refractivity contribution is 6.29. The Morgan fingerprint density at radius 1 is 1.12 bits per heavy atom. The molecule has 0 unspecified atom stereocenters. The van der Waals surface area contributed by atoms with Crippen LogP contribution in [0.1, 0.15) is 47.7 Å². The summed E-state index contributed by atoms with van der Waals surface area (Å²) in [6.45, 7) is 0. The van der Waals surface area contributed by atoms with Crippen molar-refractivity contribution in [3.05, 3.63) is 40.9 Å². The second-order valence-electron chi connectivity index (χ2n) is 5.84. The molecular weight excluding hydrogens is 328 g/mol. The minimum atomic E-state index is -0.439. The first-order valence-corrected chi connectivity index (χ1v) is 8.30. The molecule has 0 bridgehead atoms. The third-order valence-electron chi connectivity index (χ3n) is 4.45. The molecule has 1 fully saturated rings. The van der Waals surface area contributed by atoms with Crippen LogP contribution in [0.15, 0.2) is 24.5 Å². The third-order valence-corrected chi connectivity index (χ3v) is 4.65. The molecule has 3 rings (SSSR count). The molecule has 0 atom stereocenters. The van der Waals surface area contributed by atoms with E-state index in [9.17, 15) is 4.79 Å². The van der Waals surface area contributed by atoms with E-state index in [1.807, 2.05) is 6.07 Å². The quantitative estimate of drug-likeness (QED) is 0.611. The highest BCUT2D eigenvalue weighted by Gasteiger charge is 2.23. The van der Waals surface area contributed by atoms with Gasteiger partial charge in [-0.05, 0) is 25.0 Å².